The van der Waals surface area contributed by atoms with Crippen LogP contribution in [-0.4, -0.2) is 54.8 Å². The highest BCUT2D eigenvalue weighted by atomic mass is 16.6. The minimum atomic E-state index is -1.25. The molecule has 1 aliphatic heterocycles. The van der Waals surface area contributed by atoms with Gasteiger partial charge in [-0.15, -0.1) is 0 Å². The van der Waals surface area contributed by atoms with Crippen LogP contribution in [0.4, 0.5) is 5.95 Å². The molecule has 3 rings (SSSR count). The Hall–Kier alpha value is -1.94. The minimum absolute atomic E-state index is 0.0609. The van der Waals surface area contributed by atoms with Gasteiger partial charge in [-0.3, -0.25) is 9.78 Å². The van der Waals surface area contributed by atoms with Gasteiger partial charge < -0.3 is 30.4 Å². The topological polar surface area (TPSA) is 147 Å². The molecule has 108 valence electrons. The molecule has 2 aromatic rings. The summed E-state index contributed by atoms with van der Waals surface area (Å²) in [7, 11) is 0. The summed E-state index contributed by atoms with van der Waals surface area (Å²) < 4.78 is 6.79. The predicted molar refractivity (Wildman–Crippen MR) is 67.8 cm³/mol. The Morgan fingerprint density at radius 3 is 2.85 bits per heavy atom. The summed E-state index contributed by atoms with van der Waals surface area (Å²) in [6.07, 6.45) is -2.81. The highest BCUT2D eigenvalue weighted by Crippen LogP contribution is 2.31. The zero-order valence-electron chi connectivity index (χ0n) is 10.3. The number of anilines is 1. The van der Waals surface area contributed by atoms with Crippen LogP contribution in [0.25, 0.3) is 11.0 Å². The van der Waals surface area contributed by atoms with Crippen LogP contribution < -0.4 is 11.3 Å². The number of nitrogens with one attached hydrogen (secondary N) is 1. The molecule has 0 aliphatic carbocycles. The number of hydrogen-bond donors (Lipinski definition) is 5. The highest BCUT2D eigenvalue weighted by Gasteiger charge is 2.43. The number of rotatable bonds is 2. The zero-order chi connectivity index (χ0) is 14.4. The van der Waals surface area contributed by atoms with E-state index in [2.05, 4.69) is 9.97 Å². The molecule has 1 saturated heterocycles. The third kappa shape index (κ3) is 1.79. The fraction of sp³-hybridized carbons (Fsp3) is 0.455. The molecule has 0 unspecified atom stereocenters. The van der Waals surface area contributed by atoms with E-state index in [9.17, 15) is 15.0 Å². The Bertz CT molecular complexity index is 696. The molecule has 2 aromatic heterocycles. The molecule has 0 saturated carbocycles. The molecule has 0 radical (unpaired) electrons. The average Bonchev–Trinajstić information content (AvgIpc) is 2.93. The SMILES string of the molecule is Nc1nc2c(ccn2[C@@H]2O[C@H](CO)[C@@H](O)[C@H]2O)c(=O)[nH]1. The number of nitrogens with two attached hydrogens (primary N) is 1. The molecule has 0 bridgehead atoms. The van der Waals surface area contributed by atoms with E-state index in [-0.39, 0.29) is 17.0 Å². The smallest absolute Gasteiger partial charge is 0.261 e. The van der Waals surface area contributed by atoms with Gasteiger partial charge in [0.05, 0.1) is 12.0 Å². The van der Waals surface area contributed by atoms with E-state index in [0.717, 1.165) is 0 Å². The molecule has 9 heteroatoms. The zero-order valence-corrected chi connectivity index (χ0v) is 10.3. The first-order valence-corrected chi connectivity index (χ1v) is 6.01. The number of nitrogen functional groups attached to an aromatic ring is 1. The molecule has 20 heavy (non-hydrogen) atoms. The lowest BCUT2D eigenvalue weighted by Crippen LogP contribution is -2.33. The van der Waals surface area contributed by atoms with Gasteiger partial charge in [-0.05, 0) is 6.07 Å². The molecule has 3 heterocycles. The third-order valence-corrected chi connectivity index (χ3v) is 3.39. The summed E-state index contributed by atoms with van der Waals surface area (Å²) in [6, 6.07) is 1.51. The Labute approximate surface area is 112 Å². The van der Waals surface area contributed by atoms with Gasteiger partial charge in [0.15, 0.2) is 11.9 Å². The number of ether oxygens (including phenoxy) is 1. The van der Waals surface area contributed by atoms with E-state index < -0.39 is 36.7 Å². The van der Waals surface area contributed by atoms with Crippen LogP contribution in [0.3, 0.4) is 0 Å². The summed E-state index contributed by atoms with van der Waals surface area (Å²) >= 11 is 0. The number of aromatic nitrogens is 3. The quantitative estimate of drug-likeness (QED) is 0.424. The Morgan fingerprint density at radius 2 is 2.20 bits per heavy atom. The lowest BCUT2D eigenvalue weighted by atomic mass is 10.1. The standard InChI is InChI=1S/C11H14N4O5/c12-11-13-8-4(9(19)14-11)1-2-15(8)10-7(18)6(17)5(3-16)20-10/h1-2,5-7,10,16-18H,3H2,(H3,12,13,14,19)/t5-,6-,7-,10-/m1/s1. The summed E-state index contributed by atoms with van der Waals surface area (Å²) in [6.45, 7) is -0.427. The lowest BCUT2D eigenvalue weighted by molar-refractivity contribution is -0.0508. The van der Waals surface area contributed by atoms with Crippen molar-refractivity contribution in [1.82, 2.24) is 14.5 Å². The van der Waals surface area contributed by atoms with Crippen LogP contribution in [0.2, 0.25) is 0 Å². The van der Waals surface area contributed by atoms with Gasteiger partial charge in [-0.2, -0.15) is 4.98 Å². The second kappa shape index (κ2) is 4.56. The number of H-pyrrole nitrogens is 1. The number of hydrogen-bond acceptors (Lipinski definition) is 7. The molecule has 1 fully saturated rings. The van der Waals surface area contributed by atoms with Crippen LogP contribution in [0, 0.1) is 0 Å². The summed E-state index contributed by atoms with van der Waals surface area (Å²) in [5, 5.41) is 29.1. The van der Waals surface area contributed by atoms with Gasteiger partial charge in [0.1, 0.15) is 18.3 Å². The summed E-state index contributed by atoms with van der Waals surface area (Å²) in [4.78, 5) is 18.1. The maximum absolute atomic E-state index is 11.7. The van der Waals surface area contributed by atoms with Crippen molar-refractivity contribution in [2.24, 2.45) is 0 Å². The van der Waals surface area contributed by atoms with Crippen LogP contribution >= 0.6 is 0 Å². The Kier molecular flexibility index (Phi) is 2.98. The van der Waals surface area contributed by atoms with Crippen molar-refractivity contribution in [3.8, 4) is 0 Å². The molecule has 0 amide bonds. The van der Waals surface area contributed by atoms with E-state index in [1.54, 1.807) is 0 Å². The van der Waals surface area contributed by atoms with Crippen molar-refractivity contribution in [2.45, 2.75) is 24.5 Å². The van der Waals surface area contributed by atoms with Crippen LogP contribution in [-0.2, 0) is 4.74 Å². The van der Waals surface area contributed by atoms with Gasteiger partial charge >= 0.3 is 0 Å². The van der Waals surface area contributed by atoms with Crippen molar-refractivity contribution >= 4 is 17.0 Å². The van der Waals surface area contributed by atoms with Crippen molar-refractivity contribution in [3.05, 3.63) is 22.6 Å². The molecule has 6 N–H and O–H groups in total. The second-order valence-corrected chi connectivity index (χ2v) is 4.64. The molecule has 4 atom stereocenters. The fourth-order valence-corrected chi connectivity index (χ4v) is 2.38. The van der Waals surface area contributed by atoms with Crippen LogP contribution in [0.15, 0.2) is 17.1 Å². The van der Waals surface area contributed by atoms with Crippen molar-refractivity contribution < 1.29 is 20.1 Å². The van der Waals surface area contributed by atoms with E-state index in [1.807, 2.05) is 0 Å². The highest BCUT2D eigenvalue weighted by molar-refractivity contribution is 5.76. The number of nitrogens with zero attached hydrogens (tertiary/aromatic N) is 2. The van der Waals surface area contributed by atoms with Gasteiger partial charge in [-0.1, -0.05) is 0 Å². The van der Waals surface area contributed by atoms with E-state index >= 15 is 0 Å². The van der Waals surface area contributed by atoms with E-state index in [4.69, 9.17) is 15.6 Å². The molecular formula is C11H14N4O5. The average molecular weight is 282 g/mol. The molecule has 9 nitrogen and oxygen atoms in total. The van der Waals surface area contributed by atoms with E-state index in [0.29, 0.717) is 0 Å². The molecular weight excluding hydrogens is 268 g/mol. The van der Waals surface area contributed by atoms with Gasteiger partial charge in [0.2, 0.25) is 5.95 Å². The fourth-order valence-electron chi connectivity index (χ4n) is 2.38. The van der Waals surface area contributed by atoms with Crippen LogP contribution in [0.5, 0.6) is 0 Å². The largest absolute Gasteiger partial charge is 0.394 e. The Balaban J connectivity index is 2.09. The minimum Gasteiger partial charge on any atom is -0.394 e. The number of fused-ring (bicyclic) bond motifs is 1. The summed E-state index contributed by atoms with van der Waals surface area (Å²) in [5.41, 5.74) is 5.33. The first-order valence-electron chi connectivity index (χ1n) is 6.01. The van der Waals surface area contributed by atoms with Crippen molar-refractivity contribution in [3.63, 3.8) is 0 Å². The van der Waals surface area contributed by atoms with E-state index in [1.165, 1.54) is 16.8 Å². The number of aliphatic hydroxyl groups excluding tert-OH is 3. The van der Waals surface area contributed by atoms with Crippen molar-refractivity contribution in [2.75, 3.05) is 12.3 Å². The molecule has 0 aromatic carbocycles. The third-order valence-electron chi connectivity index (χ3n) is 3.39. The molecule has 1 aliphatic rings. The van der Waals surface area contributed by atoms with Gasteiger partial charge in [-0.25, -0.2) is 0 Å². The normalized spacial score (nSPS) is 30.1. The number of aromatic amines is 1. The Morgan fingerprint density at radius 1 is 1.45 bits per heavy atom. The van der Waals surface area contributed by atoms with Crippen LogP contribution in [0.1, 0.15) is 6.23 Å². The van der Waals surface area contributed by atoms with Crippen molar-refractivity contribution in [1.29, 1.82) is 0 Å². The maximum atomic E-state index is 11.7. The van der Waals surface area contributed by atoms with Gasteiger partial charge in [0, 0.05) is 6.20 Å². The predicted octanol–water partition coefficient (Wildman–Crippen LogP) is -2.08. The summed E-state index contributed by atoms with van der Waals surface area (Å²) in [5.74, 6) is -0.0609. The first kappa shape index (κ1) is 13.1. The molecule has 0 spiro atoms. The number of aliphatic hydroxyl groups is 3. The van der Waals surface area contributed by atoms with Gasteiger partial charge in [0.25, 0.3) is 5.56 Å². The first-order chi connectivity index (χ1) is 9.52. The monoisotopic (exact) mass is 282 g/mol. The lowest BCUT2D eigenvalue weighted by Gasteiger charge is -2.17. The maximum Gasteiger partial charge on any atom is 0.261 e. The second-order valence-electron chi connectivity index (χ2n) is 4.64.